The number of carbonyl (C=O) groups is 1. The van der Waals surface area contributed by atoms with Crippen LogP contribution in [0, 0.1) is 11.8 Å². The summed E-state index contributed by atoms with van der Waals surface area (Å²) >= 11 is 0. The fraction of sp³-hybridized carbons (Fsp3) is 0.632. The molecular weight excluding hydrogens is 274 g/mol. The molecule has 0 bridgehead atoms. The van der Waals surface area contributed by atoms with Crippen molar-refractivity contribution in [2.75, 3.05) is 12.0 Å². The third-order valence-electron chi connectivity index (χ3n) is 5.83. The predicted octanol–water partition coefficient (Wildman–Crippen LogP) is 4.14. The van der Waals surface area contributed by atoms with Crippen LogP contribution < -0.4 is 9.64 Å². The lowest BCUT2D eigenvalue weighted by Gasteiger charge is -2.54. The van der Waals surface area contributed by atoms with Crippen molar-refractivity contribution in [3.05, 3.63) is 23.8 Å². The van der Waals surface area contributed by atoms with Gasteiger partial charge in [-0.25, -0.2) is 0 Å². The summed E-state index contributed by atoms with van der Waals surface area (Å²) < 4.78 is 5.60. The first-order valence-corrected chi connectivity index (χ1v) is 8.35. The zero-order valence-corrected chi connectivity index (χ0v) is 14.3. The molecule has 0 unspecified atom stereocenters. The molecule has 1 aromatic rings. The molecule has 0 radical (unpaired) electrons. The van der Waals surface area contributed by atoms with Gasteiger partial charge in [-0.1, -0.05) is 39.3 Å². The first kappa shape index (κ1) is 15.4. The molecule has 1 fully saturated rings. The van der Waals surface area contributed by atoms with E-state index in [0.29, 0.717) is 17.9 Å². The van der Waals surface area contributed by atoms with E-state index in [1.165, 1.54) is 18.4 Å². The first-order valence-electron chi connectivity index (χ1n) is 8.35. The summed E-state index contributed by atoms with van der Waals surface area (Å²) in [5, 5.41) is 0. The van der Waals surface area contributed by atoms with Gasteiger partial charge >= 0.3 is 0 Å². The van der Waals surface area contributed by atoms with E-state index in [2.05, 4.69) is 26.8 Å². The zero-order valence-electron chi connectivity index (χ0n) is 14.3. The Bertz CT molecular complexity index is 593. The van der Waals surface area contributed by atoms with E-state index >= 15 is 0 Å². The Kier molecular flexibility index (Phi) is 3.70. The van der Waals surface area contributed by atoms with Gasteiger partial charge in [-0.15, -0.1) is 0 Å². The standard InChI is InChI=1S/C19H27NO2/c1-12-9-10-14-16(11-12)20(13(2)21)18-15(19(14,3)4)7-6-8-17(18)22-5/h6-8,12,14,16H,9-11H2,1-5H3/t12-,14-,16+/m0/s1. The predicted molar refractivity (Wildman–Crippen MR) is 89.5 cm³/mol. The molecule has 0 spiro atoms. The molecule has 1 aliphatic carbocycles. The van der Waals surface area contributed by atoms with Gasteiger partial charge in [0.15, 0.2) is 0 Å². The summed E-state index contributed by atoms with van der Waals surface area (Å²) in [5.41, 5.74) is 2.32. The Morgan fingerprint density at radius 1 is 1.32 bits per heavy atom. The molecule has 1 aliphatic heterocycles. The van der Waals surface area contributed by atoms with Gasteiger partial charge in [-0.2, -0.15) is 0 Å². The second-order valence-electron chi connectivity index (χ2n) is 7.56. The van der Waals surface area contributed by atoms with Crippen LogP contribution in [0.15, 0.2) is 18.2 Å². The Morgan fingerprint density at radius 3 is 2.68 bits per heavy atom. The molecule has 2 aliphatic rings. The van der Waals surface area contributed by atoms with Crippen molar-refractivity contribution in [3.8, 4) is 5.75 Å². The maximum atomic E-state index is 12.5. The van der Waals surface area contributed by atoms with E-state index in [1.807, 2.05) is 17.0 Å². The van der Waals surface area contributed by atoms with Crippen molar-refractivity contribution >= 4 is 11.6 Å². The summed E-state index contributed by atoms with van der Waals surface area (Å²) in [6, 6.07) is 6.48. The summed E-state index contributed by atoms with van der Waals surface area (Å²) in [6.45, 7) is 8.65. The van der Waals surface area contributed by atoms with Crippen LogP contribution in [0.3, 0.4) is 0 Å². The van der Waals surface area contributed by atoms with Crippen molar-refractivity contribution in [2.24, 2.45) is 11.8 Å². The Balaban J connectivity index is 2.23. The first-order chi connectivity index (χ1) is 10.4. The highest BCUT2D eigenvalue weighted by molar-refractivity contribution is 5.96. The topological polar surface area (TPSA) is 29.5 Å². The van der Waals surface area contributed by atoms with Gasteiger partial charge in [-0.05, 0) is 41.7 Å². The maximum Gasteiger partial charge on any atom is 0.224 e. The van der Waals surface area contributed by atoms with E-state index in [1.54, 1.807) is 14.0 Å². The molecule has 0 aromatic heterocycles. The van der Waals surface area contributed by atoms with Gasteiger partial charge in [0, 0.05) is 13.0 Å². The number of anilines is 1. The highest BCUT2D eigenvalue weighted by Crippen LogP contribution is 2.54. The molecule has 3 nitrogen and oxygen atoms in total. The van der Waals surface area contributed by atoms with Gasteiger partial charge in [0.2, 0.25) is 5.91 Å². The van der Waals surface area contributed by atoms with E-state index < -0.39 is 0 Å². The Hall–Kier alpha value is -1.51. The van der Waals surface area contributed by atoms with Crippen molar-refractivity contribution < 1.29 is 9.53 Å². The normalized spacial score (nSPS) is 29.5. The number of nitrogens with zero attached hydrogens (tertiary/aromatic N) is 1. The molecule has 3 heteroatoms. The molecule has 22 heavy (non-hydrogen) atoms. The molecule has 1 aromatic carbocycles. The zero-order chi connectivity index (χ0) is 16.1. The van der Waals surface area contributed by atoms with Crippen LogP contribution in [0.1, 0.15) is 52.5 Å². The number of para-hydroxylation sites is 1. The number of fused-ring (bicyclic) bond motifs is 2. The monoisotopic (exact) mass is 301 g/mol. The SMILES string of the molecule is COc1cccc2c1N(C(C)=O)[C@@H]1C[C@@H](C)CC[C@@H]1C2(C)C. The van der Waals surface area contributed by atoms with Crippen LogP contribution >= 0.6 is 0 Å². The fourth-order valence-electron chi connectivity index (χ4n) is 4.69. The molecule has 3 atom stereocenters. The van der Waals surface area contributed by atoms with Crippen LogP contribution in [-0.4, -0.2) is 19.1 Å². The van der Waals surface area contributed by atoms with Crippen molar-refractivity contribution in [1.82, 2.24) is 0 Å². The molecular formula is C19H27NO2. The number of hydrogen-bond donors (Lipinski definition) is 0. The lowest BCUT2D eigenvalue weighted by Crippen LogP contribution is -2.56. The Morgan fingerprint density at radius 2 is 2.05 bits per heavy atom. The number of ether oxygens (including phenoxy) is 1. The smallest absolute Gasteiger partial charge is 0.224 e. The summed E-state index contributed by atoms with van der Waals surface area (Å²) in [7, 11) is 1.69. The number of amides is 1. The third-order valence-corrected chi connectivity index (χ3v) is 5.83. The summed E-state index contributed by atoms with van der Waals surface area (Å²) in [4.78, 5) is 14.5. The summed E-state index contributed by atoms with van der Waals surface area (Å²) in [5.74, 6) is 2.14. The number of rotatable bonds is 1. The molecule has 1 saturated carbocycles. The number of benzene rings is 1. The van der Waals surface area contributed by atoms with Gasteiger partial charge in [0.05, 0.1) is 12.8 Å². The number of methoxy groups -OCH3 is 1. The van der Waals surface area contributed by atoms with Crippen LogP contribution in [0.5, 0.6) is 5.75 Å². The van der Waals surface area contributed by atoms with Gasteiger partial charge < -0.3 is 9.64 Å². The van der Waals surface area contributed by atoms with Crippen LogP contribution in [0.25, 0.3) is 0 Å². The minimum atomic E-state index is 0.0701. The maximum absolute atomic E-state index is 12.5. The van der Waals surface area contributed by atoms with E-state index in [-0.39, 0.29) is 11.3 Å². The van der Waals surface area contributed by atoms with E-state index in [9.17, 15) is 4.79 Å². The molecule has 1 amide bonds. The fourth-order valence-corrected chi connectivity index (χ4v) is 4.69. The van der Waals surface area contributed by atoms with Crippen LogP contribution in [0.4, 0.5) is 5.69 Å². The summed E-state index contributed by atoms with van der Waals surface area (Å²) in [6.07, 6.45) is 3.54. The third kappa shape index (κ3) is 2.13. The quantitative estimate of drug-likeness (QED) is 0.780. The minimum Gasteiger partial charge on any atom is -0.495 e. The van der Waals surface area contributed by atoms with Crippen molar-refractivity contribution in [1.29, 1.82) is 0 Å². The van der Waals surface area contributed by atoms with E-state index in [4.69, 9.17) is 4.74 Å². The highest BCUT2D eigenvalue weighted by Gasteiger charge is 2.49. The molecule has 0 saturated heterocycles. The van der Waals surface area contributed by atoms with Crippen LogP contribution in [-0.2, 0) is 10.2 Å². The number of carbonyl (C=O) groups excluding carboxylic acids is 1. The lowest BCUT2D eigenvalue weighted by atomic mass is 9.60. The van der Waals surface area contributed by atoms with Gasteiger partial charge in [0.25, 0.3) is 0 Å². The number of hydrogen-bond acceptors (Lipinski definition) is 2. The second kappa shape index (κ2) is 5.29. The lowest BCUT2D eigenvalue weighted by molar-refractivity contribution is -0.118. The van der Waals surface area contributed by atoms with E-state index in [0.717, 1.165) is 17.9 Å². The molecule has 1 heterocycles. The van der Waals surface area contributed by atoms with Gasteiger partial charge in [0.1, 0.15) is 5.75 Å². The van der Waals surface area contributed by atoms with Crippen LogP contribution in [0.2, 0.25) is 0 Å². The van der Waals surface area contributed by atoms with Crippen molar-refractivity contribution in [3.63, 3.8) is 0 Å². The highest BCUT2D eigenvalue weighted by atomic mass is 16.5. The second-order valence-corrected chi connectivity index (χ2v) is 7.56. The van der Waals surface area contributed by atoms with Crippen molar-refractivity contribution in [2.45, 2.75) is 58.4 Å². The molecule has 0 N–H and O–H groups in total. The average molecular weight is 301 g/mol. The molecule has 120 valence electrons. The Labute approximate surface area is 133 Å². The average Bonchev–Trinajstić information content (AvgIpc) is 2.46. The molecule has 3 rings (SSSR count). The van der Waals surface area contributed by atoms with Gasteiger partial charge in [-0.3, -0.25) is 4.79 Å². The minimum absolute atomic E-state index is 0.0701. The largest absolute Gasteiger partial charge is 0.495 e.